The van der Waals surface area contributed by atoms with Crippen molar-refractivity contribution < 1.29 is 28.5 Å². The Morgan fingerprint density at radius 1 is 1.06 bits per heavy atom. The number of nitrogens with zero attached hydrogens (tertiary/aromatic N) is 3. The van der Waals surface area contributed by atoms with Gasteiger partial charge in [-0.1, -0.05) is 24.9 Å². The van der Waals surface area contributed by atoms with Gasteiger partial charge in [0.2, 0.25) is 0 Å². The number of carbonyl (C=O) groups is 2. The first-order valence-corrected chi connectivity index (χ1v) is 12.5. The van der Waals surface area contributed by atoms with Crippen LogP contribution in [0.15, 0.2) is 18.2 Å². The van der Waals surface area contributed by atoms with Crippen LogP contribution in [0.4, 0.5) is 4.79 Å². The first-order valence-electron chi connectivity index (χ1n) is 12.1. The van der Waals surface area contributed by atoms with Gasteiger partial charge < -0.3 is 18.9 Å². The third kappa shape index (κ3) is 6.69. The molecule has 0 spiro atoms. The Balaban J connectivity index is 1.99. The number of methoxy groups -OCH3 is 1. The van der Waals surface area contributed by atoms with Crippen molar-refractivity contribution in [3.8, 4) is 11.6 Å². The highest BCUT2D eigenvalue weighted by Gasteiger charge is 2.51. The first kappa shape index (κ1) is 27.8. The quantitative estimate of drug-likeness (QED) is 0.465. The number of halogens is 1. The molecule has 1 aromatic carbocycles. The molecule has 3 atom stereocenters. The zero-order chi connectivity index (χ0) is 26.8. The fourth-order valence-electron chi connectivity index (χ4n) is 4.19. The number of benzene rings is 1. The monoisotopic (exact) mass is 521 g/mol. The van der Waals surface area contributed by atoms with Gasteiger partial charge >= 0.3 is 12.1 Å². The number of carbonyl (C=O) groups excluding carboxylic acids is 2. The summed E-state index contributed by atoms with van der Waals surface area (Å²) >= 11 is 6.43. The maximum Gasteiger partial charge on any atom is 0.411 e. The Bertz CT molecular complexity index is 1110. The number of esters is 1. The Kier molecular flexibility index (Phi) is 8.23. The average Bonchev–Trinajstić information content (AvgIpc) is 3.10. The van der Waals surface area contributed by atoms with E-state index in [1.54, 1.807) is 66.9 Å². The van der Waals surface area contributed by atoms with Gasteiger partial charge in [0.1, 0.15) is 29.1 Å². The van der Waals surface area contributed by atoms with Crippen LogP contribution in [0.1, 0.15) is 61.3 Å². The van der Waals surface area contributed by atoms with Crippen LogP contribution in [0.25, 0.3) is 11.0 Å². The molecule has 0 bridgehead atoms. The topological polar surface area (TPSA) is 100 Å². The standard InChI is InChI=1S/C26H36ClN3O6/c1-9-10-16-19(34-22-21(27)28-17-12-11-15(33-8)13-18(17)29-22)14-30(24(32)36-26(5,6)7)20(16)23(31)35-25(2,3)4/h11-13,16,19-20H,9-10,14H2,1-8H3/t16-,19+,20+/m1/s1. The van der Waals surface area contributed by atoms with Gasteiger partial charge in [0.25, 0.3) is 5.88 Å². The minimum Gasteiger partial charge on any atom is -0.497 e. The van der Waals surface area contributed by atoms with Gasteiger partial charge in [-0.05, 0) is 60.1 Å². The van der Waals surface area contributed by atoms with Crippen molar-refractivity contribution in [3.05, 3.63) is 23.4 Å². The zero-order valence-electron chi connectivity index (χ0n) is 22.3. The van der Waals surface area contributed by atoms with Crippen LogP contribution in [-0.4, -0.2) is 63.9 Å². The number of hydrogen-bond donors (Lipinski definition) is 0. The highest BCUT2D eigenvalue weighted by Crippen LogP contribution is 2.36. The lowest BCUT2D eigenvalue weighted by Gasteiger charge is -2.31. The number of aromatic nitrogens is 2. The normalized spacial score (nSPS) is 20.4. The molecule has 9 nitrogen and oxygen atoms in total. The van der Waals surface area contributed by atoms with E-state index < -0.39 is 35.4 Å². The number of hydrogen-bond acceptors (Lipinski definition) is 8. The van der Waals surface area contributed by atoms with E-state index in [-0.39, 0.29) is 23.5 Å². The maximum absolute atomic E-state index is 13.3. The van der Waals surface area contributed by atoms with Crippen molar-refractivity contribution >= 4 is 34.7 Å². The SMILES string of the molecule is CCC[C@@H]1[C@@H](Oc2nc3cc(OC)ccc3nc2Cl)CN(C(=O)OC(C)(C)C)[C@@H]1C(=O)OC(C)(C)C. The fraction of sp³-hybridized carbons (Fsp3) is 0.615. The molecule has 0 radical (unpaired) electrons. The maximum atomic E-state index is 13.3. The van der Waals surface area contributed by atoms with Gasteiger partial charge in [-0.3, -0.25) is 4.90 Å². The van der Waals surface area contributed by atoms with E-state index in [9.17, 15) is 9.59 Å². The van der Waals surface area contributed by atoms with E-state index in [0.29, 0.717) is 23.2 Å². The van der Waals surface area contributed by atoms with Crippen molar-refractivity contribution in [3.63, 3.8) is 0 Å². The molecule has 1 fully saturated rings. The lowest BCUT2D eigenvalue weighted by Crippen LogP contribution is -2.47. The van der Waals surface area contributed by atoms with E-state index in [0.717, 1.165) is 6.42 Å². The number of ether oxygens (including phenoxy) is 4. The van der Waals surface area contributed by atoms with Crippen LogP contribution < -0.4 is 9.47 Å². The van der Waals surface area contributed by atoms with Crippen molar-refractivity contribution in [1.29, 1.82) is 0 Å². The Morgan fingerprint density at radius 3 is 2.31 bits per heavy atom. The summed E-state index contributed by atoms with van der Waals surface area (Å²) in [5, 5.41) is 0.0902. The van der Waals surface area contributed by atoms with Gasteiger partial charge in [0.05, 0.1) is 24.7 Å². The van der Waals surface area contributed by atoms with Crippen molar-refractivity contribution in [2.45, 2.75) is 84.7 Å². The van der Waals surface area contributed by atoms with Crippen LogP contribution in [0.5, 0.6) is 11.6 Å². The molecule has 1 aromatic heterocycles. The molecule has 36 heavy (non-hydrogen) atoms. The van der Waals surface area contributed by atoms with E-state index >= 15 is 0 Å². The van der Waals surface area contributed by atoms with E-state index in [1.807, 2.05) is 6.92 Å². The van der Waals surface area contributed by atoms with Gasteiger partial charge in [-0.25, -0.2) is 19.6 Å². The summed E-state index contributed by atoms with van der Waals surface area (Å²) in [6.07, 6.45) is 0.191. The number of amides is 1. The highest BCUT2D eigenvalue weighted by atomic mass is 35.5. The highest BCUT2D eigenvalue weighted by molar-refractivity contribution is 6.31. The Hall–Kier alpha value is -2.81. The second kappa shape index (κ2) is 10.7. The molecule has 0 unspecified atom stereocenters. The summed E-state index contributed by atoms with van der Waals surface area (Å²) in [4.78, 5) is 36.9. The molecule has 0 saturated carbocycles. The molecule has 1 amide bonds. The second-order valence-electron chi connectivity index (χ2n) is 10.9. The molecule has 198 valence electrons. The Morgan fingerprint density at radius 2 is 1.72 bits per heavy atom. The number of fused-ring (bicyclic) bond motifs is 1. The molecule has 0 aliphatic carbocycles. The van der Waals surface area contributed by atoms with Gasteiger partial charge in [-0.15, -0.1) is 0 Å². The van der Waals surface area contributed by atoms with E-state index in [1.165, 1.54) is 4.90 Å². The van der Waals surface area contributed by atoms with Crippen molar-refractivity contribution in [1.82, 2.24) is 14.9 Å². The summed E-state index contributed by atoms with van der Waals surface area (Å²) in [6, 6.07) is 4.39. The zero-order valence-corrected chi connectivity index (χ0v) is 23.0. The first-order chi connectivity index (χ1) is 16.7. The molecule has 1 aliphatic rings. The third-order valence-electron chi connectivity index (χ3n) is 5.56. The molecular weight excluding hydrogens is 486 g/mol. The summed E-state index contributed by atoms with van der Waals surface area (Å²) < 4.78 is 22.9. The predicted octanol–water partition coefficient (Wildman–Crippen LogP) is 5.42. The van der Waals surface area contributed by atoms with Gasteiger partial charge in [-0.2, -0.15) is 0 Å². The number of rotatable bonds is 6. The average molecular weight is 522 g/mol. The van der Waals surface area contributed by atoms with Crippen LogP contribution in [0.3, 0.4) is 0 Å². The predicted molar refractivity (Wildman–Crippen MR) is 136 cm³/mol. The smallest absolute Gasteiger partial charge is 0.411 e. The Labute approximate surface area is 217 Å². The molecule has 3 rings (SSSR count). The molecule has 0 N–H and O–H groups in total. The molecular formula is C26H36ClN3O6. The largest absolute Gasteiger partial charge is 0.497 e. The summed E-state index contributed by atoms with van der Waals surface area (Å²) in [7, 11) is 1.57. The van der Waals surface area contributed by atoms with Crippen molar-refractivity contribution in [2.75, 3.05) is 13.7 Å². The lowest BCUT2D eigenvalue weighted by atomic mass is 9.93. The summed E-state index contributed by atoms with van der Waals surface area (Å²) in [5.74, 6) is -0.122. The molecule has 1 aliphatic heterocycles. The van der Waals surface area contributed by atoms with E-state index in [2.05, 4.69) is 9.97 Å². The lowest BCUT2D eigenvalue weighted by molar-refractivity contribution is -0.161. The second-order valence-corrected chi connectivity index (χ2v) is 11.3. The van der Waals surface area contributed by atoms with Crippen molar-refractivity contribution in [2.24, 2.45) is 5.92 Å². The van der Waals surface area contributed by atoms with Crippen LogP contribution in [0, 0.1) is 5.92 Å². The van der Waals surface area contributed by atoms with Crippen LogP contribution in [-0.2, 0) is 14.3 Å². The molecule has 10 heteroatoms. The van der Waals surface area contributed by atoms with Crippen LogP contribution in [0.2, 0.25) is 5.15 Å². The van der Waals surface area contributed by atoms with E-state index in [4.69, 9.17) is 30.5 Å². The molecule has 2 heterocycles. The minimum atomic E-state index is -0.878. The minimum absolute atomic E-state index is 0.0902. The molecule has 1 saturated heterocycles. The van der Waals surface area contributed by atoms with Crippen LogP contribution >= 0.6 is 11.6 Å². The van der Waals surface area contributed by atoms with Gasteiger partial charge in [0, 0.05) is 12.0 Å². The third-order valence-corrected chi connectivity index (χ3v) is 5.80. The molecule has 2 aromatic rings. The summed E-state index contributed by atoms with van der Waals surface area (Å²) in [5.41, 5.74) is -0.322. The van der Waals surface area contributed by atoms with Gasteiger partial charge in [0.15, 0.2) is 5.15 Å². The summed E-state index contributed by atoms with van der Waals surface area (Å²) in [6.45, 7) is 12.8. The number of likely N-dealkylation sites (tertiary alicyclic amines) is 1. The fourth-order valence-corrected chi connectivity index (χ4v) is 4.37.